The van der Waals surface area contributed by atoms with E-state index in [9.17, 15) is 14.7 Å². The van der Waals surface area contributed by atoms with Gasteiger partial charge in [0.15, 0.2) is 6.04 Å². The monoisotopic (exact) mass is 357 g/mol. The van der Waals surface area contributed by atoms with Crippen LogP contribution in [0.15, 0.2) is 28.7 Å². The molecule has 2 rings (SSSR count). The van der Waals surface area contributed by atoms with Crippen LogP contribution in [0.3, 0.4) is 0 Å². The molecule has 0 fully saturated rings. The number of rotatable bonds is 5. The molecule has 0 saturated carbocycles. The Hall–Kier alpha value is -2.18. The molecule has 8 heteroatoms. The predicted molar refractivity (Wildman–Crippen MR) is 85.2 cm³/mol. The summed E-state index contributed by atoms with van der Waals surface area (Å²) in [5.41, 5.74) is 0.939. The van der Waals surface area contributed by atoms with E-state index in [4.69, 9.17) is 32.4 Å². The van der Waals surface area contributed by atoms with Crippen molar-refractivity contribution >= 4 is 40.8 Å². The summed E-state index contributed by atoms with van der Waals surface area (Å²) in [6, 6.07) is 4.85. The summed E-state index contributed by atoms with van der Waals surface area (Å²) in [7, 11) is 0. The second-order valence-electron chi connectivity index (χ2n) is 4.78. The first-order chi connectivity index (χ1) is 10.8. The number of hydrogen-bond acceptors (Lipinski definition) is 5. The van der Waals surface area contributed by atoms with Gasteiger partial charge in [0.05, 0.1) is 0 Å². The molecule has 1 heterocycles. The Morgan fingerprint density at radius 2 is 1.83 bits per heavy atom. The molecule has 1 aromatic carbocycles. The zero-order chi connectivity index (χ0) is 17.1. The maximum Gasteiger partial charge on any atom is 0.334 e. The van der Waals surface area contributed by atoms with Gasteiger partial charge in [0.25, 0.3) is 5.95 Å². The molecule has 0 saturated heterocycles. The topological polar surface area (TPSA) is 88.8 Å². The summed E-state index contributed by atoms with van der Waals surface area (Å²) in [4.78, 5) is 22.5. The van der Waals surface area contributed by atoms with E-state index in [-0.39, 0.29) is 11.7 Å². The third kappa shape index (κ3) is 4.40. The number of aliphatic carboxylic acids is 1. The number of carboxylic acids is 1. The average molecular weight is 358 g/mol. The van der Waals surface area contributed by atoms with Crippen LogP contribution in [0, 0.1) is 6.92 Å². The Balaban J connectivity index is 2.33. The molecule has 1 aromatic heterocycles. The van der Waals surface area contributed by atoms with E-state index < -0.39 is 18.0 Å². The number of carboxylic acid groups (broad SMARTS) is 1. The second kappa shape index (κ2) is 6.93. The smallest absolute Gasteiger partial charge is 0.334 e. The quantitative estimate of drug-likeness (QED) is 0.784. The highest BCUT2D eigenvalue weighted by atomic mass is 35.5. The van der Waals surface area contributed by atoms with Gasteiger partial charge in [-0.25, -0.2) is 4.79 Å². The first-order valence-corrected chi connectivity index (χ1v) is 7.26. The molecule has 1 atom stereocenters. The summed E-state index contributed by atoms with van der Waals surface area (Å²) >= 11 is 11.8. The molecular formula is C15H13Cl2NO5. The fourth-order valence-corrected chi connectivity index (χ4v) is 2.51. The van der Waals surface area contributed by atoms with E-state index >= 15 is 0 Å². The lowest BCUT2D eigenvalue weighted by molar-refractivity contribution is -0.138. The Morgan fingerprint density at radius 3 is 2.35 bits per heavy atom. The van der Waals surface area contributed by atoms with E-state index in [2.05, 4.69) is 5.32 Å². The maximum absolute atomic E-state index is 11.6. The Kier molecular flexibility index (Phi) is 5.18. The lowest BCUT2D eigenvalue weighted by Crippen LogP contribution is -2.20. The minimum Gasteiger partial charge on any atom is -0.479 e. The van der Waals surface area contributed by atoms with Crippen molar-refractivity contribution < 1.29 is 23.8 Å². The number of furan rings is 1. The molecule has 2 N–H and O–H groups in total. The van der Waals surface area contributed by atoms with Crippen LogP contribution in [0.2, 0.25) is 10.0 Å². The normalized spacial score (nSPS) is 11.8. The molecule has 6 nitrogen and oxygen atoms in total. The second-order valence-corrected chi connectivity index (χ2v) is 5.65. The van der Waals surface area contributed by atoms with Gasteiger partial charge in [-0.15, -0.1) is 0 Å². The molecule has 0 bridgehead atoms. The fraction of sp³-hybridized carbons (Fsp3) is 0.200. The molecule has 0 aliphatic carbocycles. The highest BCUT2D eigenvalue weighted by Crippen LogP contribution is 2.31. The molecule has 2 aromatic rings. The number of esters is 1. The van der Waals surface area contributed by atoms with Crippen LogP contribution >= 0.6 is 23.2 Å². The largest absolute Gasteiger partial charge is 0.479 e. The number of halogens is 2. The van der Waals surface area contributed by atoms with Gasteiger partial charge in [0.1, 0.15) is 5.76 Å². The van der Waals surface area contributed by atoms with Crippen LogP contribution in [-0.4, -0.2) is 17.0 Å². The minimum atomic E-state index is -1.20. The highest BCUT2D eigenvalue weighted by molar-refractivity contribution is 6.35. The number of carbonyl (C=O) groups excluding carboxylic acids is 1. The summed E-state index contributed by atoms with van der Waals surface area (Å²) in [6.07, 6.45) is 0. The standard InChI is InChI=1S/C15H13Cl2NO5/c1-7-3-12(22-8(2)19)23-14(7)13(15(20)21)18-11-5-9(16)4-10(17)6-11/h3-6,13,18H,1-2H3,(H,20,21). The number of nitrogens with one attached hydrogen (secondary N) is 1. The third-order valence-electron chi connectivity index (χ3n) is 2.86. The molecule has 1 unspecified atom stereocenters. The van der Waals surface area contributed by atoms with Gasteiger partial charge < -0.3 is 19.6 Å². The first kappa shape index (κ1) is 17.2. The van der Waals surface area contributed by atoms with Gasteiger partial charge in [-0.1, -0.05) is 23.2 Å². The van der Waals surface area contributed by atoms with Crippen molar-refractivity contribution in [3.8, 4) is 5.95 Å². The molecular weight excluding hydrogens is 345 g/mol. The highest BCUT2D eigenvalue weighted by Gasteiger charge is 2.27. The van der Waals surface area contributed by atoms with Gasteiger partial charge in [-0.2, -0.15) is 0 Å². The van der Waals surface area contributed by atoms with Crippen LogP contribution in [-0.2, 0) is 9.59 Å². The number of benzene rings is 1. The van der Waals surface area contributed by atoms with Crippen LogP contribution in [0.1, 0.15) is 24.3 Å². The van der Waals surface area contributed by atoms with E-state index in [1.54, 1.807) is 6.92 Å². The van der Waals surface area contributed by atoms with Crippen LogP contribution in [0.4, 0.5) is 5.69 Å². The van der Waals surface area contributed by atoms with Gasteiger partial charge >= 0.3 is 11.9 Å². The van der Waals surface area contributed by atoms with Crippen LogP contribution in [0.25, 0.3) is 0 Å². The zero-order valence-corrected chi connectivity index (χ0v) is 13.7. The number of carbonyl (C=O) groups is 2. The minimum absolute atomic E-state index is 0.0674. The predicted octanol–water partition coefficient (Wildman–Crippen LogP) is 4.06. The lowest BCUT2D eigenvalue weighted by atomic mass is 10.1. The van der Waals surface area contributed by atoms with E-state index in [1.165, 1.54) is 31.2 Å². The molecule has 23 heavy (non-hydrogen) atoms. The van der Waals surface area contributed by atoms with Crippen molar-refractivity contribution in [3.05, 3.63) is 45.6 Å². The first-order valence-electron chi connectivity index (χ1n) is 6.50. The number of ether oxygens (including phenoxy) is 1. The van der Waals surface area contributed by atoms with Crippen molar-refractivity contribution in [2.75, 3.05) is 5.32 Å². The fourth-order valence-electron chi connectivity index (χ4n) is 1.99. The van der Waals surface area contributed by atoms with E-state index in [0.29, 0.717) is 21.3 Å². The van der Waals surface area contributed by atoms with Crippen molar-refractivity contribution in [2.24, 2.45) is 0 Å². The summed E-state index contributed by atoms with van der Waals surface area (Å²) in [5, 5.41) is 13.0. The number of aryl methyl sites for hydroxylation is 1. The molecule has 0 aliphatic rings. The van der Waals surface area contributed by atoms with Crippen molar-refractivity contribution in [2.45, 2.75) is 19.9 Å². The van der Waals surface area contributed by atoms with Crippen molar-refractivity contribution in [3.63, 3.8) is 0 Å². The summed E-state index contributed by atoms with van der Waals surface area (Å²) < 4.78 is 10.2. The number of hydrogen-bond donors (Lipinski definition) is 2. The van der Waals surface area contributed by atoms with Gasteiger partial charge in [0, 0.05) is 28.7 Å². The Labute approximate surface area is 141 Å². The van der Waals surface area contributed by atoms with Crippen molar-refractivity contribution in [1.82, 2.24) is 0 Å². The van der Waals surface area contributed by atoms with Gasteiger partial charge in [-0.05, 0) is 30.7 Å². The maximum atomic E-state index is 11.6. The molecule has 0 spiro atoms. The molecule has 0 amide bonds. The zero-order valence-electron chi connectivity index (χ0n) is 12.2. The van der Waals surface area contributed by atoms with E-state index in [0.717, 1.165) is 0 Å². The van der Waals surface area contributed by atoms with Crippen molar-refractivity contribution in [1.29, 1.82) is 0 Å². The molecule has 122 valence electrons. The summed E-state index contributed by atoms with van der Waals surface area (Å²) in [6.45, 7) is 2.87. The summed E-state index contributed by atoms with van der Waals surface area (Å²) in [5.74, 6) is -1.69. The Morgan fingerprint density at radius 1 is 1.22 bits per heavy atom. The van der Waals surface area contributed by atoms with E-state index in [1.807, 2.05) is 0 Å². The van der Waals surface area contributed by atoms with Gasteiger partial charge in [0.2, 0.25) is 0 Å². The average Bonchev–Trinajstić information content (AvgIpc) is 2.74. The van der Waals surface area contributed by atoms with Crippen LogP contribution < -0.4 is 10.1 Å². The van der Waals surface area contributed by atoms with Crippen LogP contribution in [0.5, 0.6) is 5.95 Å². The molecule has 0 aliphatic heterocycles. The number of anilines is 1. The Bertz CT molecular complexity index is 736. The molecule has 0 radical (unpaired) electrons. The third-order valence-corrected chi connectivity index (χ3v) is 3.30. The lowest BCUT2D eigenvalue weighted by Gasteiger charge is -2.15. The van der Waals surface area contributed by atoms with Gasteiger partial charge in [-0.3, -0.25) is 4.79 Å². The SMILES string of the molecule is CC(=O)Oc1cc(C)c(C(Nc2cc(Cl)cc(Cl)c2)C(=O)O)o1.